The molecule has 0 amide bonds. The van der Waals surface area contributed by atoms with Crippen LogP contribution in [0.1, 0.15) is 50.9 Å². The Hall–Kier alpha value is -4.70. The number of alkyl halides is 2. The van der Waals surface area contributed by atoms with Crippen LogP contribution in [0.15, 0.2) is 91.3 Å². The van der Waals surface area contributed by atoms with E-state index < -0.39 is 39.6 Å². The lowest BCUT2D eigenvalue weighted by Gasteiger charge is -2.41. The van der Waals surface area contributed by atoms with Gasteiger partial charge in [-0.2, -0.15) is 5.10 Å². The zero-order chi connectivity index (χ0) is 39.1. The Morgan fingerprint density at radius 3 is 2.35 bits per heavy atom. The first kappa shape index (κ1) is 38.6. The Balaban J connectivity index is 1.49. The molecule has 288 valence electrons. The van der Waals surface area contributed by atoms with Gasteiger partial charge in [-0.3, -0.25) is 0 Å². The van der Waals surface area contributed by atoms with Gasteiger partial charge in [0.2, 0.25) is 11.8 Å². The molecule has 4 aromatic heterocycles. The van der Waals surface area contributed by atoms with Crippen molar-refractivity contribution in [2.75, 3.05) is 20.3 Å². The minimum Gasteiger partial charge on any atom is -0.481 e. The van der Waals surface area contributed by atoms with Gasteiger partial charge in [-0.05, 0) is 51.3 Å². The number of methoxy groups -OCH3 is 1. The first-order chi connectivity index (χ1) is 26.3. The SMILES string of the molecule is COc1ncccc1-c1c(-c2c(C(F)F)nn3c2OCCC3c2ccccc2[Si](O)(c2ccccc2)C(C)(C)C)n(COCC[Si](C)(C)C)c2ncccc12. The van der Waals surface area contributed by atoms with Crippen molar-refractivity contribution in [1.82, 2.24) is 24.3 Å². The standard InChI is InChI=1S/C42H49F2N5O4Si2/c1-42(2,3)55(50,28-15-9-8-10-16-28)33-20-12-11-17-29(33)32-21-24-53-41-35(36(38(43)44)47-49(32)41)37-34(31-19-14-23-46-40(31)51-4)30-18-13-22-45-39(30)48(37)27-52-25-26-54(5,6)7/h8-20,22-23,32,38,50H,21,24-27H2,1-7H3. The highest BCUT2D eigenvalue weighted by molar-refractivity contribution is 6.98. The van der Waals surface area contributed by atoms with Gasteiger partial charge < -0.3 is 23.6 Å². The number of ether oxygens (including phenoxy) is 3. The summed E-state index contributed by atoms with van der Waals surface area (Å²) in [6, 6.07) is 25.5. The molecule has 2 atom stereocenters. The number of halogens is 2. The van der Waals surface area contributed by atoms with Crippen molar-refractivity contribution in [3.8, 4) is 34.1 Å². The lowest BCUT2D eigenvalue weighted by atomic mass is 9.98. The van der Waals surface area contributed by atoms with Crippen LogP contribution in [0.2, 0.25) is 30.7 Å². The zero-order valence-corrected chi connectivity index (χ0v) is 34.5. The molecule has 9 nitrogen and oxygen atoms in total. The molecule has 2 aromatic carbocycles. The topological polar surface area (TPSA) is 96.5 Å². The largest absolute Gasteiger partial charge is 0.481 e. The summed E-state index contributed by atoms with van der Waals surface area (Å²) in [6.45, 7) is 13.9. The second-order valence-electron chi connectivity index (χ2n) is 16.3. The highest BCUT2D eigenvalue weighted by Crippen LogP contribution is 2.50. The maximum atomic E-state index is 15.6. The van der Waals surface area contributed by atoms with Crippen molar-refractivity contribution in [2.24, 2.45) is 0 Å². The van der Waals surface area contributed by atoms with Crippen molar-refractivity contribution in [3.05, 3.63) is 103 Å². The fourth-order valence-electron chi connectivity index (χ4n) is 7.74. The van der Waals surface area contributed by atoms with E-state index in [2.05, 4.69) is 45.4 Å². The van der Waals surface area contributed by atoms with Crippen LogP contribution in [0, 0.1) is 0 Å². The molecule has 0 radical (unpaired) electrons. The van der Waals surface area contributed by atoms with Gasteiger partial charge in [-0.25, -0.2) is 23.4 Å². The third-order valence-corrected chi connectivity index (χ3v) is 16.8. The third kappa shape index (κ3) is 7.03. The maximum absolute atomic E-state index is 15.6. The molecular formula is C42H49F2N5O4Si2. The second kappa shape index (κ2) is 15.1. The van der Waals surface area contributed by atoms with Crippen molar-refractivity contribution in [3.63, 3.8) is 0 Å². The van der Waals surface area contributed by atoms with E-state index in [1.54, 1.807) is 23.1 Å². The van der Waals surface area contributed by atoms with Crippen LogP contribution >= 0.6 is 0 Å². The normalized spacial score (nSPS) is 15.9. The fourth-order valence-corrected chi connectivity index (χ4v) is 12.2. The highest BCUT2D eigenvalue weighted by Gasteiger charge is 2.49. The summed E-state index contributed by atoms with van der Waals surface area (Å²) in [4.78, 5) is 22.2. The van der Waals surface area contributed by atoms with Crippen molar-refractivity contribution in [1.29, 1.82) is 0 Å². The molecule has 6 aromatic rings. The minimum absolute atomic E-state index is 0.0662. The maximum Gasteiger partial charge on any atom is 0.282 e. The van der Waals surface area contributed by atoms with Crippen LogP contribution < -0.4 is 19.8 Å². The summed E-state index contributed by atoms with van der Waals surface area (Å²) in [7, 11) is -3.34. The van der Waals surface area contributed by atoms with Gasteiger partial charge >= 0.3 is 0 Å². The lowest BCUT2D eigenvalue weighted by molar-refractivity contribution is 0.0907. The molecule has 5 heterocycles. The van der Waals surface area contributed by atoms with E-state index in [-0.39, 0.29) is 24.8 Å². The van der Waals surface area contributed by atoms with E-state index in [4.69, 9.17) is 24.3 Å². The highest BCUT2D eigenvalue weighted by atomic mass is 28.4. The summed E-state index contributed by atoms with van der Waals surface area (Å²) in [5, 5.41) is 6.62. The number of rotatable bonds is 12. The first-order valence-electron chi connectivity index (χ1n) is 18.7. The van der Waals surface area contributed by atoms with Gasteiger partial charge in [0.1, 0.15) is 18.1 Å². The molecule has 0 saturated carbocycles. The molecule has 0 saturated heterocycles. The van der Waals surface area contributed by atoms with Gasteiger partial charge in [0.25, 0.3) is 14.7 Å². The average molecular weight is 782 g/mol. The van der Waals surface area contributed by atoms with E-state index in [1.807, 2.05) is 77.4 Å². The van der Waals surface area contributed by atoms with Crippen LogP contribution in [0.25, 0.3) is 33.4 Å². The van der Waals surface area contributed by atoms with E-state index >= 15 is 8.78 Å². The molecule has 13 heteroatoms. The Labute approximate surface area is 323 Å². The van der Waals surface area contributed by atoms with Crippen LogP contribution in [0.4, 0.5) is 8.78 Å². The van der Waals surface area contributed by atoms with Gasteiger partial charge in [-0.15, -0.1) is 0 Å². The average Bonchev–Trinajstić information content (AvgIpc) is 3.71. The molecule has 0 aliphatic carbocycles. The van der Waals surface area contributed by atoms with E-state index in [9.17, 15) is 4.80 Å². The molecule has 1 aliphatic heterocycles. The summed E-state index contributed by atoms with van der Waals surface area (Å²) in [5.41, 5.74) is 2.81. The zero-order valence-electron chi connectivity index (χ0n) is 32.5. The number of benzene rings is 2. The minimum atomic E-state index is -3.45. The van der Waals surface area contributed by atoms with Crippen LogP contribution in [-0.2, 0) is 11.5 Å². The summed E-state index contributed by atoms with van der Waals surface area (Å²) < 4.78 is 53.2. The fraction of sp³-hybridized carbons (Fsp3) is 0.357. The molecule has 1 aliphatic rings. The number of fused-ring (bicyclic) bond motifs is 2. The third-order valence-electron chi connectivity index (χ3n) is 10.5. The van der Waals surface area contributed by atoms with E-state index in [1.165, 1.54) is 7.11 Å². The number of pyridine rings is 2. The molecular weight excluding hydrogens is 733 g/mol. The predicted molar refractivity (Wildman–Crippen MR) is 218 cm³/mol. The molecule has 0 bridgehead atoms. The van der Waals surface area contributed by atoms with E-state index in [0.717, 1.165) is 27.4 Å². The summed E-state index contributed by atoms with van der Waals surface area (Å²) in [6.07, 6.45) is 0.833. The Morgan fingerprint density at radius 2 is 1.64 bits per heavy atom. The quantitative estimate of drug-likeness (QED) is 0.0984. The van der Waals surface area contributed by atoms with E-state index in [0.29, 0.717) is 41.4 Å². The van der Waals surface area contributed by atoms with Crippen LogP contribution in [0.3, 0.4) is 0 Å². The van der Waals surface area contributed by atoms with Crippen molar-refractivity contribution in [2.45, 2.75) is 77.1 Å². The van der Waals surface area contributed by atoms with Crippen LogP contribution in [0.5, 0.6) is 11.8 Å². The smallest absolute Gasteiger partial charge is 0.282 e. The van der Waals surface area contributed by atoms with Crippen molar-refractivity contribution < 1.29 is 27.8 Å². The second-order valence-corrected chi connectivity index (χ2v) is 26.0. The van der Waals surface area contributed by atoms with Gasteiger partial charge in [-0.1, -0.05) is 95.0 Å². The molecule has 0 spiro atoms. The predicted octanol–water partition coefficient (Wildman–Crippen LogP) is 8.44. The molecule has 55 heavy (non-hydrogen) atoms. The van der Waals surface area contributed by atoms with Gasteiger partial charge in [0.05, 0.1) is 31.0 Å². The van der Waals surface area contributed by atoms with Crippen molar-refractivity contribution >= 4 is 37.8 Å². The van der Waals surface area contributed by atoms with Gasteiger partial charge in [0.15, 0.2) is 0 Å². The molecule has 2 unspecified atom stereocenters. The Bertz CT molecular complexity index is 2300. The number of aromatic nitrogens is 5. The number of hydrogen-bond acceptors (Lipinski definition) is 7. The van der Waals surface area contributed by atoms with Crippen LogP contribution in [-0.4, -0.2) is 65.8 Å². The van der Waals surface area contributed by atoms with Gasteiger partial charge in [0, 0.05) is 50.0 Å². The monoisotopic (exact) mass is 781 g/mol. The number of nitrogens with zero attached hydrogens (tertiary/aromatic N) is 5. The molecule has 7 rings (SSSR count). The first-order valence-corrected chi connectivity index (χ1v) is 24.4. The molecule has 1 N–H and O–H groups in total. The number of hydrogen-bond donors (Lipinski definition) is 1. The molecule has 0 fully saturated rings. The Kier molecular flexibility index (Phi) is 10.6. The Morgan fingerprint density at radius 1 is 0.927 bits per heavy atom. The summed E-state index contributed by atoms with van der Waals surface area (Å²) in [5.74, 6) is 0.559. The lowest BCUT2D eigenvalue weighted by Crippen LogP contribution is -2.65. The summed E-state index contributed by atoms with van der Waals surface area (Å²) >= 11 is 0.